The summed E-state index contributed by atoms with van der Waals surface area (Å²) in [6, 6.07) is 1.32. The van der Waals surface area contributed by atoms with E-state index in [0.29, 0.717) is 0 Å². The fourth-order valence-corrected chi connectivity index (χ4v) is 3.16. The fourth-order valence-electron chi connectivity index (χ4n) is 1.05. The highest BCUT2D eigenvalue weighted by atomic mass is 28.4. The van der Waals surface area contributed by atoms with Crippen molar-refractivity contribution < 1.29 is 4.43 Å². The van der Waals surface area contributed by atoms with Gasteiger partial charge < -0.3 is 4.43 Å². The Morgan fingerprint density at radius 1 is 1.09 bits per heavy atom. The van der Waals surface area contributed by atoms with Crippen molar-refractivity contribution in [1.82, 2.24) is 0 Å². The molecule has 0 aromatic rings. The monoisotopic (exact) mass is 174 g/mol. The minimum Gasteiger partial charge on any atom is -0.417 e. The first-order chi connectivity index (χ1) is 5.12. The van der Waals surface area contributed by atoms with Crippen molar-refractivity contribution in [3.63, 3.8) is 0 Å². The summed E-state index contributed by atoms with van der Waals surface area (Å²) in [6.45, 7) is 10.0. The molecule has 0 fully saturated rings. The van der Waals surface area contributed by atoms with Crippen LogP contribution < -0.4 is 0 Å². The molecular formula is C9H22OSi. The molecule has 0 bridgehead atoms. The molecular weight excluding hydrogens is 152 g/mol. The minimum absolute atomic E-state index is 0.961. The van der Waals surface area contributed by atoms with Crippen LogP contribution in [0.15, 0.2) is 0 Å². The van der Waals surface area contributed by atoms with Crippen LogP contribution in [0.5, 0.6) is 0 Å². The maximum absolute atomic E-state index is 5.82. The normalized spacial score (nSPS) is 12.0. The first kappa shape index (κ1) is 11.2. The lowest BCUT2D eigenvalue weighted by Gasteiger charge is -2.21. The largest absolute Gasteiger partial charge is 0.417 e. The summed E-state index contributed by atoms with van der Waals surface area (Å²) < 4.78 is 5.82. The number of unbranched alkanes of at least 4 members (excludes halogenated alkanes) is 1. The highest BCUT2D eigenvalue weighted by Gasteiger charge is 2.20. The van der Waals surface area contributed by atoms with Gasteiger partial charge in [0.15, 0.2) is 8.32 Å². The van der Waals surface area contributed by atoms with Crippen molar-refractivity contribution in [3.8, 4) is 0 Å². The Morgan fingerprint density at radius 2 is 1.73 bits per heavy atom. The summed E-state index contributed by atoms with van der Waals surface area (Å²) in [6.07, 6.45) is 3.79. The Balaban J connectivity index is 3.43. The second-order valence-corrected chi connectivity index (χ2v) is 8.02. The molecule has 0 amide bonds. The van der Waals surface area contributed by atoms with Gasteiger partial charge in [0.25, 0.3) is 0 Å². The molecule has 0 unspecified atom stereocenters. The van der Waals surface area contributed by atoms with Gasteiger partial charge in [-0.1, -0.05) is 26.7 Å². The number of hydrogen-bond donors (Lipinski definition) is 0. The molecule has 0 aliphatic heterocycles. The average molecular weight is 174 g/mol. The van der Waals surface area contributed by atoms with E-state index in [4.69, 9.17) is 4.43 Å². The molecule has 0 aliphatic carbocycles. The van der Waals surface area contributed by atoms with Crippen LogP contribution in [0.2, 0.25) is 19.1 Å². The molecule has 0 heterocycles. The van der Waals surface area contributed by atoms with Crippen LogP contribution in [0, 0.1) is 0 Å². The summed E-state index contributed by atoms with van der Waals surface area (Å²) in [5.74, 6) is 0. The van der Waals surface area contributed by atoms with E-state index in [-0.39, 0.29) is 0 Å². The Morgan fingerprint density at radius 3 is 2.18 bits per heavy atom. The second-order valence-electron chi connectivity index (χ2n) is 3.71. The van der Waals surface area contributed by atoms with Gasteiger partial charge in [0.2, 0.25) is 0 Å². The molecule has 0 rings (SSSR count). The molecule has 11 heavy (non-hydrogen) atoms. The number of rotatable bonds is 6. The molecule has 1 nitrogen and oxygen atoms in total. The molecule has 0 spiro atoms. The fraction of sp³-hybridized carbons (Fsp3) is 1.00. The minimum atomic E-state index is -1.25. The van der Waals surface area contributed by atoms with Crippen molar-refractivity contribution in [2.75, 3.05) is 6.61 Å². The summed E-state index contributed by atoms with van der Waals surface area (Å²) in [7, 11) is -1.25. The standard InChI is InChI=1S/C9H22OSi/c1-5-7-9-11(3,4)10-8-6-2/h5-9H2,1-4H3. The lowest BCUT2D eigenvalue weighted by molar-refractivity contribution is 0.305. The summed E-state index contributed by atoms with van der Waals surface area (Å²) in [5, 5.41) is 0. The second kappa shape index (κ2) is 5.78. The van der Waals surface area contributed by atoms with Crippen LogP contribution in [0.3, 0.4) is 0 Å². The maximum atomic E-state index is 5.82. The molecule has 0 aliphatic rings. The third kappa shape index (κ3) is 6.57. The number of hydrogen-bond acceptors (Lipinski definition) is 1. The lowest BCUT2D eigenvalue weighted by Crippen LogP contribution is -2.30. The summed E-state index contributed by atoms with van der Waals surface area (Å²) >= 11 is 0. The van der Waals surface area contributed by atoms with Crippen molar-refractivity contribution >= 4 is 8.32 Å². The zero-order chi connectivity index (χ0) is 8.74. The lowest BCUT2D eigenvalue weighted by atomic mass is 10.4. The van der Waals surface area contributed by atoms with Gasteiger partial charge in [0.1, 0.15) is 0 Å². The van der Waals surface area contributed by atoms with E-state index < -0.39 is 8.32 Å². The Labute approximate surface area is 72.3 Å². The van der Waals surface area contributed by atoms with Crippen LogP contribution in [0.1, 0.15) is 33.1 Å². The van der Waals surface area contributed by atoms with E-state index >= 15 is 0 Å². The summed E-state index contributed by atoms with van der Waals surface area (Å²) in [4.78, 5) is 0. The average Bonchev–Trinajstić information content (AvgIpc) is 1.97. The van der Waals surface area contributed by atoms with Crippen LogP contribution in [-0.2, 0) is 4.43 Å². The highest BCUT2D eigenvalue weighted by molar-refractivity contribution is 6.71. The van der Waals surface area contributed by atoms with Gasteiger partial charge in [-0.3, -0.25) is 0 Å². The topological polar surface area (TPSA) is 9.23 Å². The Bertz CT molecular complexity index is 81.6. The van der Waals surface area contributed by atoms with E-state index in [1.807, 2.05) is 0 Å². The van der Waals surface area contributed by atoms with Crippen LogP contribution in [0.4, 0.5) is 0 Å². The van der Waals surface area contributed by atoms with E-state index in [2.05, 4.69) is 26.9 Å². The Hall–Kier alpha value is 0.177. The van der Waals surface area contributed by atoms with E-state index in [9.17, 15) is 0 Å². The van der Waals surface area contributed by atoms with Crippen molar-refractivity contribution in [1.29, 1.82) is 0 Å². The predicted molar refractivity (Wildman–Crippen MR) is 53.4 cm³/mol. The van der Waals surface area contributed by atoms with Crippen LogP contribution in [-0.4, -0.2) is 14.9 Å². The van der Waals surface area contributed by atoms with Gasteiger partial charge in [-0.15, -0.1) is 0 Å². The third-order valence-corrected chi connectivity index (χ3v) is 4.37. The van der Waals surface area contributed by atoms with Gasteiger partial charge in [-0.05, 0) is 25.6 Å². The molecule has 0 N–H and O–H groups in total. The van der Waals surface area contributed by atoms with Crippen molar-refractivity contribution in [2.24, 2.45) is 0 Å². The molecule has 0 aromatic carbocycles. The molecule has 68 valence electrons. The maximum Gasteiger partial charge on any atom is 0.186 e. The molecule has 0 aromatic heterocycles. The predicted octanol–water partition coefficient (Wildman–Crippen LogP) is 3.42. The van der Waals surface area contributed by atoms with E-state index in [1.54, 1.807) is 0 Å². The van der Waals surface area contributed by atoms with Gasteiger partial charge in [-0.2, -0.15) is 0 Å². The van der Waals surface area contributed by atoms with Crippen LogP contribution >= 0.6 is 0 Å². The SMILES string of the molecule is CCCC[Si](C)(C)OCCC. The van der Waals surface area contributed by atoms with Crippen molar-refractivity contribution in [3.05, 3.63) is 0 Å². The van der Waals surface area contributed by atoms with Gasteiger partial charge in [0.05, 0.1) is 0 Å². The molecule has 0 saturated carbocycles. The summed E-state index contributed by atoms with van der Waals surface area (Å²) in [5.41, 5.74) is 0. The van der Waals surface area contributed by atoms with E-state index in [0.717, 1.165) is 13.0 Å². The molecule has 0 radical (unpaired) electrons. The third-order valence-electron chi connectivity index (χ3n) is 1.83. The van der Waals surface area contributed by atoms with Gasteiger partial charge in [-0.25, -0.2) is 0 Å². The van der Waals surface area contributed by atoms with Crippen LogP contribution in [0.25, 0.3) is 0 Å². The van der Waals surface area contributed by atoms with Gasteiger partial charge in [0, 0.05) is 6.61 Å². The molecule has 2 heteroatoms. The smallest absolute Gasteiger partial charge is 0.186 e. The quantitative estimate of drug-likeness (QED) is 0.561. The van der Waals surface area contributed by atoms with Crippen molar-refractivity contribution in [2.45, 2.75) is 52.2 Å². The zero-order valence-corrected chi connectivity index (χ0v) is 9.44. The Kier molecular flexibility index (Phi) is 5.87. The highest BCUT2D eigenvalue weighted by Crippen LogP contribution is 2.14. The van der Waals surface area contributed by atoms with E-state index in [1.165, 1.54) is 18.9 Å². The molecule has 0 saturated heterocycles. The van der Waals surface area contributed by atoms with Gasteiger partial charge >= 0.3 is 0 Å². The first-order valence-electron chi connectivity index (χ1n) is 4.76. The first-order valence-corrected chi connectivity index (χ1v) is 7.88. The zero-order valence-electron chi connectivity index (χ0n) is 8.44. The molecule has 0 atom stereocenters.